The fraction of sp³-hybridized carbons (Fsp3) is 0.444. The molecular formula is C18H22. The molecule has 0 radical (unpaired) electrons. The van der Waals surface area contributed by atoms with Crippen LogP contribution in [0.5, 0.6) is 0 Å². The minimum atomic E-state index is 0.290. The van der Waals surface area contributed by atoms with Crippen molar-refractivity contribution in [2.75, 3.05) is 0 Å². The van der Waals surface area contributed by atoms with Gasteiger partial charge < -0.3 is 0 Å². The van der Waals surface area contributed by atoms with Crippen LogP contribution >= 0.6 is 0 Å². The van der Waals surface area contributed by atoms with Crippen molar-refractivity contribution in [3.63, 3.8) is 0 Å². The van der Waals surface area contributed by atoms with Crippen molar-refractivity contribution in [1.29, 1.82) is 0 Å². The standard InChI is InChI=1S/C18H22/c1-18(2,3)15-11-14-9-10-16(17(14)12-15)13-7-5-4-6-8-13/h4-8,11-12,14,16H,9-10H2,1-3H3. The SMILES string of the molecule is CC(C)(C)C1=CC2CCC(c3ccccc3)C2=C1. The lowest BCUT2D eigenvalue weighted by atomic mass is 9.86. The molecule has 1 fully saturated rings. The Balaban J connectivity index is 1.91. The summed E-state index contributed by atoms with van der Waals surface area (Å²) >= 11 is 0. The predicted octanol–water partition coefficient (Wildman–Crippen LogP) is 5.09. The predicted molar refractivity (Wildman–Crippen MR) is 77.5 cm³/mol. The van der Waals surface area contributed by atoms with E-state index < -0.39 is 0 Å². The molecule has 3 rings (SSSR count). The van der Waals surface area contributed by atoms with Crippen LogP contribution in [-0.2, 0) is 0 Å². The van der Waals surface area contributed by atoms with E-state index in [0.29, 0.717) is 17.3 Å². The van der Waals surface area contributed by atoms with Crippen LogP contribution in [0, 0.1) is 11.3 Å². The topological polar surface area (TPSA) is 0 Å². The van der Waals surface area contributed by atoms with E-state index >= 15 is 0 Å². The van der Waals surface area contributed by atoms with Gasteiger partial charge in [0.1, 0.15) is 0 Å². The first-order chi connectivity index (χ1) is 8.55. The largest absolute Gasteiger partial charge is 0.0736 e. The van der Waals surface area contributed by atoms with E-state index in [-0.39, 0.29) is 0 Å². The zero-order chi connectivity index (χ0) is 12.8. The molecule has 1 saturated carbocycles. The van der Waals surface area contributed by atoms with Crippen LogP contribution in [0.1, 0.15) is 45.1 Å². The van der Waals surface area contributed by atoms with Gasteiger partial charge in [0.2, 0.25) is 0 Å². The Morgan fingerprint density at radius 1 is 1.00 bits per heavy atom. The molecule has 0 aromatic heterocycles. The Morgan fingerprint density at radius 2 is 1.72 bits per heavy atom. The van der Waals surface area contributed by atoms with Crippen LogP contribution in [0.3, 0.4) is 0 Å². The van der Waals surface area contributed by atoms with Gasteiger partial charge >= 0.3 is 0 Å². The highest BCUT2D eigenvalue weighted by molar-refractivity contribution is 5.46. The van der Waals surface area contributed by atoms with E-state index in [1.807, 2.05) is 0 Å². The summed E-state index contributed by atoms with van der Waals surface area (Å²) in [7, 11) is 0. The van der Waals surface area contributed by atoms with Gasteiger partial charge in [-0.15, -0.1) is 0 Å². The minimum Gasteiger partial charge on any atom is -0.0736 e. The second-order valence-electron chi connectivity index (χ2n) is 6.66. The first-order valence-corrected chi connectivity index (χ1v) is 7.04. The molecule has 94 valence electrons. The molecule has 1 aromatic rings. The van der Waals surface area contributed by atoms with Crippen LogP contribution in [0.25, 0.3) is 0 Å². The van der Waals surface area contributed by atoms with Gasteiger partial charge in [-0.05, 0) is 35.3 Å². The minimum absolute atomic E-state index is 0.290. The van der Waals surface area contributed by atoms with Gasteiger partial charge in [0.05, 0.1) is 0 Å². The van der Waals surface area contributed by atoms with E-state index in [1.54, 1.807) is 5.57 Å². The van der Waals surface area contributed by atoms with Crippen molar-refractivity contribution in [2.45, 2.75) is 39.5 Å². The summed E-state index contributed by atoms with van der Waals surface area (Å²) in [5.41, 5.74) is 4.97. The molecule has 2 aliphatic rings. The van der Waals surface area contributed by atoms with Crippen molar-refractivity contribution in [2.24, 2.45) is 11.3 Å². The van der Waals surface area contributed by atoms with E-state index in [1.165, 1.54) is 24.0 Å². The summed E-state index contributed by atoms with van der Waals surface area (Å²) in [4.78, 5) is 0. The average molecular weight is 238 g/mol. The summed E-state index contributed by atoms with van der Waals surface area (Å²) in [6.45, 7) is 6.94. The van der Waals surface area contributed by atoms with Crippen LogP contribution in [-0.4, -0.2) is 0 Å². The van der Waals surface area contributed by atoms with Crippen LogP contribution in [0.2, 0.25) is 0 Å². The molecule has 1 aromatic carbocycles. The van der Waals surface area contributed by atoms with E-state index in [0.717, 1.165) is 0 Å². The maximum absolute atomic E-state index is 2.51. The van der Waals surface area contributed by atoms with Gasteiger partial charge in [0, 0.05) is 5.92 Å². The molecule has 0 amide bonds. The second kappa shape index (κ2) is 4.12. The van der Waals surface area contributed by atoms with Crippen molar-refractivity contribution in [1.82, 2.24) is 0 Å². The molecule has 0 nitrogen and oxygen atoms in total. The van der Waals surface area contributed by atoms with Gasteiger partial charge in [0.25, 0.3) is 0 Å². The lowest BCUT2D eigenvalue weighted by molar-refractivity contribution is 0.515. The zero-order valence-corrected chi connectivity index (χ0v) is 11.6. The molecule has 0 bridgehead atoms. The van der Waals surface area contributed by atoms with Crippen LogP contribution in [0.4, 0.5) is 0 Å². The Hall–Kier alpha value is -1.30. The quantitative estimate of drug-likeness (QED) is 0.639. The molecule has 2 unspecified atom stereocenters. The van der Waals surface area contributed by atoms with E-state index in [2.05, 4.69) is 63.3 Å². The number of rotatable bonds is 1. The van der Waals surface area contributed by atoms with E-state index in [9.17, 15) is 0 Å². The molecule has 0 aliphatic heterocycles. The van der Waals surface area contributed by atoms with Gasteiger partial charge in [-0.25, -0.2) is 0 Å². The number of benzene rings is 1. The number of fused-ring (bicyclic) bond motifs is 1. The molecule has 0 spiro atoms. The Labute approximate surface area is 110 Å². The highest BCUT2D eigenvalue weighted by Gasteiger charge is 2.35. The normalized spacial score (nSPS) is 26.8. The van der Waals surface area contributed by atoms with Gasteiger partial charge in [0.15, 0.2) is 0 Å². The van der Waals surface area contributed by atoms with Gasteiger partial charge in [-0.2, -0.15) is 0 Å². The van der Waals surface area contributed by atoms with Crippen molar-refractivity contribution in [3.8, 4) is 0 Å². The highest BCUT2D eigenvalue weighted by Crippen LogP contribution is 2.49. The Bertz CT molecular complexity index is 497. The number of hydrogen-bond acceptors (Lipinski definition) is 0. The van der Waals surface area contributed by atoms with Gasteiger partial charge in [-0.3, -0.25) is 0 Å². The summed E-state index contributed by atoms with van der Waals surface area (Å²) in [5, 5.41) is 0. The number of allylic oxidation sites excluding steroid dienone is 4. The fourth-order valence-corrected chi connectivity index (χ4v) is 3.28. The summed E-state index contributed by atoms with van der Waals surface area (Å²) in [6.07, 6.45) is 7.63. The van der Waals surface area contributed by atoms with Crippen LogP contribution < -0.4 is 0 Å². The molecule has 2 atom stereocenters. The molecule has 18 heavy (non-hydrogen) atoms. The molecule has 0 N–H and O–H groups in total. The monoisotopic (exact) mass is 238 g/mol. The third-order valence-electron chi connectivity index (χ3n) is 4.37. The maximum atomic E-state index is 2.51. The van der Waals surface area contributed by atoms with Crippen molar-refractivity contribution in [3.05, 3.63) is 59.2 Å². The third kappa shape index (κ3) is 1.94. The molecule has 0 heterocycles. The average Bonchev–Trinajstić information content (AvgIpc) is 2.88. The molecular weight excluding hydrogens is 216 g/mol. The van der Waals surface area contributed by atoms with Crippen LogP contribution in [0.15, 0.2) is 53.6 Å². The zero-order valence-electron chi connectivity index (χ0n) is 11.6. The highest BCUT2D eigenvalue weighted by atomic mass is 14.4. The fourth-order valence-electron chi connectivity index (χ4n) is 3.28. The number of hydrogen-bond donors (Lipinski definition) is 0. The Morgan fingerprint density at radius 3 is 2.39 bits per heavy atom. The lowest BCUT2D eigenvalue weighted by Crippen LogP contribution is -2.06. The van der Waals surface area contributed by atoms with Gasteiger partial charge in [-0.1, -0.05) is 68.8 Å². The summed E-state index contributed by atoms with van der Waals surface area (Å²) in [5.74, 6) is 1.37. The summed E-state index contributed by atoms with van der Waals surface area (Å²) < 4.78 is 0. The Kier molecular flexibility index (Phi) is 2.69. The lowest BCUT2D eigenvalue weighted by Gasteiger charge is -2.19. The van der Waals surface area contributed by atoms with Crippen molar-refractivity contribution < 1.29 is 0 Å². The molecule has 0 saturated heterocycles. The summed E-state index contributed by atoms with van der Waals surface area (Å²) in [6, 6.07) is 11.0. The van der Waals surface area contributed by atoms with Crippen molar-refractivity contribution >= 4 is 0 Å². The molecule has 0 heteroatoms. The third-order valence-corrected chi connectivity index (χ3v) is 4.37. The maximum Gasteiger partial charge on any atom is 0.00576 e. The first-order valence-electron chi connectivity index (χ1n) is 7.04. The first kappa shape index (κ1) is 11.8. The smallest absolute Gasteiger partial charge is 0.00576 e. The molecule has 2 aliphatic carbocycles. The van der Waals surface area contributed by atoms with E-state index in [4.69, 9.17) is 0 Å². The second-order valence-corrected chi connectivity index (χ2v) is 6.66.